The van der Waals surface area contributed by atoms with Crippen LogP contribution >= 0.6 is 18.0 Å². The van der Waals surface area contributed by atoms with E-state index in [1.54, 1.807) is 6.92 Å². The lowest BCUT2D eigenvalue weighted by Gasteiger charge is -2.15. The largest absolute Gasteiger partial charge is 0.421 e. The number of aromatic nitrogens is 1. The molecule has 1 heterocycles. The van der Waals surface area contributed by atoms with Crippen LogP contribution in [0, 0.1) is 6.92 Å². The number of nitrogens with zero attached hydrogens (tertiary/aromatic N) is 1. The zero-order valence-electron chi connectivity index (χ0n) is 10.3. The van der Waals surface area contributed by atoms with Crippen molar-refractivity contribution in [2.24, 2.45) is 4.52 Å². The van der Waals surface area contributed by atoms with E-state index in [0.717, 1.165) is 0 Å². The van der Waals surface area contributed by atoms with Gasteiger partial charge in [-0.15, -0.1) is 0 Å². The molecule has 1 unspecified atom stereocenters. The second-order valence-corrected chi connectivity index (χ2v) is 5.26. The van der Waals surface area contributed by atoms with Crippen molar-refractivity contribution >= 4 is 18.0 Å². The molecule has 0 saturated heterocycles. The monoisotopic (exact) mass is 312 g/mol. The van der Waals surface area contributed by atoms with Gasteiger partial charge in [0.2, 0.25) is 0 Å². The Kier molecular flexibility index (Phi) is 5.65. The lowest BCUT2D eigenvalue weighted by Crippen LogP contribution is -2.25. The van der Waals surface area contributed by atoms with Gasteiger partial charge in [-0.2, -0.15) is 13.2 Å². The number of H-pyrrole nitrogens is 1. The second kappa shape index (κ2) is 6.60. The van der Waals surface area contributed by atoms with Gasteiger partial charge >= 0.3 is 6.18 Å². The molecular weight excluding hydrogens is 299 g/mol. The average Bonchev–Trinajstić information content (AvgIpc) is 2.28. The lowest BCUT2D eigenvalue weighted by atomic mass is 10.0. The van der Waals surface area contributed by atoms with Crippen molar-refractivity contribution in [1.29, 1.82) is 0 Å². The Bertz CT molecular complexity index is 528. The zero-order valence-corrected chi connectivity index (χ0v) is 12.3. The summed E-state index contributed by atoms with van der Waals surface area (Å²) >= 11 is 0. The average molecular weight is 312 g/mol. The summed E-state index contributed by atoms with van der Waals surface area (Å²) in [5, 5.41) is 0. The van der Waals surface area contributed by atoms with Gasteiger partial charge in [0, 0.05) is 12.6 Å². The van der Waals surface area contributed by atoms with Crippen LogP contribution in [0.5, 0.6) is 0 Å². The van der Waals surface area contributed by atoms with Gasteiger partial charge in [-0.25, -0.2) is 4.52 Å². The molecule has 0 saturated carbocycles. The molecule has 1 aromatic heterocycles. The van der Waals surface area contributed by atoms with Gasteiger partial charge in [0.15, 0.2) is 8.60 Å². The summed E-state index contributed by atoms with van der Waals surface area (Å²) in [7, 11) is 2.51. The third-order valence-electron chi connectivity index (χ3n) is 2.53. The highest BCUT2D eigenvalue weighted by molar-refractivity contribution is 7.31. The van der Waals surface area contributed by atoms with E-state index in [1.165, 1.54) is 13.1 Å². The smallest absolute Gasteiger partial charge is 0.328 e. The van der Waals surface area contributed by atoms with Crippen molar-refractivity contribution in [3.63, 3.8) is 0 Å². The Morgan fingerprint density at radius 1 is 1.58 bits per heavy atom. The number of nitrogens with one attached hydrogen (secondary N) is 1. The number of hydrogen-bond acceptors (Lipinski definition) is 3. The molecule has 19 heavy (non-hydrogen) atoms. The van der Waals surface area contributed by atoms with Crippen LogP contribution in [-0.2, 0) is 17.1 Å². The van der Waals surface area contributed by atoms with E-state index in [2.05, 4.69) is 18.9 Å². The topological polar surface area (TPSA) is 54.4 Å². The number of hydrogen-bond donors (Lipinski definition) is 1. The molecule has 0 amide bonds. The number of pyridine rings is 1. The van der Waals surface area contributed by atoms with Crippen LogP contribution in [0.25, 0.3) is 0 Å². The summed E-state index contributed by atoms with van der Waals surface area (Å²) in [6.45, 7) is 3.01. The van der Waals surface area contributed by atoms with E-state index in [9.17, 15) is 18.0 Å². The van der Waals surface area contributed by atoms with E-state index in [4.69, 9.17) is 4.52 Å². The Morgan fingerprint density at radius 2 is 2.21 bits per heavy atom. The fraction of sp³-hybridized carbons (Fsp3) is 0.500. The first kappa shape index (κ1) is 16.3. The molecule has 1 rings (SSSR count). The highest BCUT2D eigenvalue weighted by Gasteiger charge is 2.36. The van der Waals surface area contributed by atoms with E-state index >= 15 is 0 Å². The predicted octanol–water partition coefficient (Wildman–Crippen LogP) is 3.48. The van der Waals surface area contributed by atoms with Crippen LogP contribution in [0.4, 0.5) is 13.2 Å². The summed E-state index contributed by atoms with van der Waals surface area (Å²) in [5.74, 6) is 0. The first-order chi connectivity index (χ1) is 8.77. The van der Waals surface area contributed by atoms with Crippen molar-refractivity contribution in [2.45, 2.75) is 32.5 Å². The van der Waals surface area contributed by atoms with E-state index in [0.29, 0.717) is 14.2 Å². The number of aromatic amines is 1. The molecule has 0 aliphatic carbocycles. The fourth-order valence-corrected chi connectivity index (χ4v) is 2.13. The lowest BCUT2D eigenvalue weighted by molar-refractivity contribution is -0.139. The Morgan fingerprint density at radius 3 is 2.74 bits per heavy atom. The standard InChI is InChI=1S/C10H13F3N2O2P2/c1-5(17-19-15-18)3-7-4-14-9(16)8(6(7)2)10(11,12)13/h4-5H,3,18H2,1-2H3,(H,14,16)/t5-/m0/s1. The van der Waals surface area contributed by atoms with Crippen molar-refractivity contribution in [3.05, 3.63) is 33.2 Å². The summed E-state index contributed by atoms with van der Waals surface area (Å²) in [6, 6.07) is 0. The maximum absolute atomic E-state index is 12.8. The van der Waals surface area contributed by atoms with Gasteiger partial charge in [0.25, 0.3) is 5.56 Å². The minimum atomic E-state index is -4.66. The molecular formula is C10H13F3N2O2P2. The number of halogens is 3. The van der Waals surface area contributed by atoms with Crippen LogP contribution in [-0.4, -0.2) is 11.1 Å². The van der Waals surface area contributed by atoms with Crippen molar-refractivity contribution in [1.82, 2.24) is 4.98 Å². The molecule has 0 spiro atoms. The molecule has 1 N–H and O–H groups in total. The molecule has 106 valence electrons. The summed E-state index contributed by atoms with van der Waals surface area (Å²) in [5.41, 5.74) is -1.93. The number of alkyl halides is 3. The molecule has 0 aromatic carbocycles. The quantitative estimate of drug-likeness (QED) is 0.865. The Labute approximate surface area is 112 Å². The van der Waals surface area contributed by atoms with Crippen LogP contribution in [0.15, 0.2) is 15.5 Å². The molecule has 0 fully saturated rings. The minimum Gasteiger partial charge on any atom is -0.328 e. The summed E-state index contributed by atoms with van der Waals surface area (Å²) in [6.07, 6.45) is -3.41. The molecule has 0 radical (unpaired) electrons. The predicted molar refractivity (Wildman–Crippen MR) is 70.1 cm³/mol. The first-order valence-corrected chi connectivity index (χ1v) is 6.60. The summed E-state index contributed by atoms with van der Waals surface area (Å²) in [4.78, 5) is 13.4. The fourth-order valence-electron chi connectivity index (χ4n) is 1.67. The van der Waals surface area contributed by atoms with Crippen molar-refractivity contribution in [3.8, 4) is 0 Å². The molecule has 2 atom stereocenters. The third-order valence-corrected chi connectivity index (χ3v) is 3.36. The molecule has 9 heteroatoms. The molecule has 0 bridgehead atoms. The van der Waals surface area contributed by atoms with Gasteiger partial charge in [-0.3, -0.25) is 4.79 Å². The highest BCUT2D eigenvalue weighted by Crippen LogP contribution is 2.30. The molecule has 1 aromatic rings. The molecule has 0 aliphatic rings. The second-order valence-electron chi connectivity index (χ2n) is 3.96. The Balaban J connectivity index is 3.08. The zero-order chi connectivity index (χ0) is 14.6. The van der Waals surface area contributed by atoms with Gasteiger partial charge in [0.1, 0.15) is 5.56 Å². The minimum absolute atomic E-state index is 0.0637. The Hall–Kier alpha value is -0.770. The van der Waals surface area contributed by atoms with Gasteiger partial charge in [-0.05, 0) is 34.4 Å². The maximum atomic E-state index is 12.8. The molecule has 4 nitrogen and oxygen atoms in total. The van der Waals surface area contributed by atoms with Gasteiger partial charge < -0.3 is 9.51 Å². The van der Waals surface area contributed by atoms with E-state index < -0.39 is 17.3 Å². The van der Waals surface area contributed by atoms with Crippen LogP contribution < -0.4 is 5.56 Å². The highest BCUT2D eigenvalue weighted by atomic mass is 31.1. The summed E-state index contributed by atoms with van der Waals surface area (Å²) < 4.78 is 47.1. The van der Waals surface area contributed by atoms with E-state index in [1.807, 2.05) is 0 Å². The third kappa shape index (κ3) is 4.37. The van der Waals surface area contributed by atoms with Gasteiger partial charge in [0.05, 0.1) is 6.10 Å². The number of rotatable bonds is 4. The van der Waals surface area contributed by atoms with Crippen LogP contribution in [0.2, 0.25) is 0 Å². The SMILES string of the molecule is Cc1c(C[C@H](C)OP=NP)c[nH]c(=O)c1C(F)(F)F. The van der Waals surface area contributed by atoms with Crippen LogP contribution in [0.1, 0.15) is 23.6 Å². The van der Waals surface area contributed by atoms with Gasteiger partial charge in [-0.1, -0.05) is 0 Å². The van der Waals surface area contributed by atoms with Crippen molar-refractivity contribution in [2.75, 3.05) is 0 Å². The van der Waals surface area contributed by atoms with Crippen LogP contribution in [0.3, 0.4) is 0 Å². The maximum Gasteiger partial charge on any atom is 0.421 e. The molecule has 0 aliphatic heterocycles. The normalized spacial score (nSPS) is 14.0. The first-order valence-electron chi connectivity index (χ1n) is 5.31. The van der Waals surface area contributed by atoms with Crippen molar-refractivity contribution < 1.29 is 17.7 Å². The van der Waals surface area contributed by atoms with E-state index in [-0.39, 0.29) is 18.1 Å².